The van der Waals surface area contributed by atoms with E-state index in [1.54, 1.807) is 12.1 Å². The second-order valence-corrected chi connectivity index (χ2v) is 7.75. The molecule has 1 N–H and O–H groups in total. The number of benzene rings is 1. The highest BCUT2D eigenvalue weighted by atomic mass is 79.9. The van der Waals surface area contributed by atoms with Crippen LogP contribution in [0.5, 0.6) is 0 Å². The van der Waals surface area contributed by atoms with Gasteiger partial charge in [-0.25, -0.2) is 18.2 Å². The highest BCUT2D eigenvalue weighted by molar-refractivity contribution is 9.10. The Hall–Kier alpha value is -1.45. The van der Waals surface area contributed by atoms with Crippen molar-refractivity contribution in [3.63, 3.8) is 0 Å². The van der Waals surface area contributed by atoms with Gasteiger partial charge in [0.1, 0.15) is 0 Å². The topological polar surface area (TPSA) is 85.4 Å². The van der Waals surface area contributed by atoms with Gasteiger partial charge in [0.25, 0.3) is 10.0 Å². The average molecular weight is 391 g/mol. The number of carbonyl (C=O) groups excluding carboxylic acids is 1. The Balaban J connectivity index is 2.39. The van der Waals surface area contributed by atoms with Crippen molar-refractivity contribution in [1.82, 2.24) is 4.98 Å². The van der Waals surface area contributed by atoms with Crippen LogP contribution in [0.25, 0.3) is 0 Å². The van der Waals surface area contributed by atoms with Gasteiger partial charge in [-0.2, -0.15) is 0 Å². The summed E-state index contributed by atoms with van der Waals surface area (Å²) in [5.41, 5.74) is 2.35. The van der Waals surface area contributed by atoms with Crippen molar-refractivity contribution < 1.29 is 17.9 Å². The second-order valence-electron chi connectivity index (χ2n) is 4.10. The Morgan fingerprint density at radius 2 is 2.10 bits per heavy atom. The number of nitrogens with zero attached hydrogens (tertiary/aromatic N) is 1. The first-order valence-corrected chi connectivity index (χ1v) is 8.81. The summed E-state index contributed by atoms with van der Waals surface area (Å²) in [6.45, 7) is 1.84. The first kappa shape index (κ1) is 15.9. The number of nitrogens with one attached hydrogen (secondary N) is 1. The SMILES string of the molecule is COC(=O)c1ncsc1S(=O)(=O)Nc1cc(C)cc(Br)c1. The summed E-state index contributed by atoms with van der Waals surface area (Å²) in [5, 5.41) is 0. The molecule has 1 aromatic heterocycles. The number of ether oxygens (including phenoxy) is 1. The summed E-state index contributed by atoms with van der Waals surface area (Å²) in [6, 6.07) is 5.16. The van der Waals surface area contributed by atoms with Crippen LogP contribution in [0.1, 0.15) is 16.1 Å². The molecule has 0 unspecified atom stereocenters. The number of aryl methyl sites for hydroxylation is 1. The summed E-state index contributed by atoms with van der Waals surface area (Å²) < 4.78 is 32.3. The minimum atomic E-state index is -3.90. The molecule has 2 rings (SSSR count). The molecule has 0 spiro atoms. The molecule has 21 heavy (non-hydrogen) atoms. The van der Waals surface area contributed by atoms with E-state index in [-0.39, 0.29) is 9.90 Å². The van der Waals surface area contributed by atoms with Crippen LogP contribution >= 0.6 is 27.3 Å². The van der Waals surface area contributed by atoms with Crippen LogP contribution in [0.4, 0.5) is 5.69 Å². The molecule has 0 aliphatic rings. The predicted molar refractivity (Wildman–Crippen MR) is 83.1 cm³/mol. The third kappa shape index (κ3) is 3.60. The fraction of sp³-hybridized carbons (Fsp3) is 0.167. The number of rotatable bonds is 4. The molecule has 0 aliphatic carbocycles. The molecule has 9 heteroatoms. The lowest BCUT2D eigenvalue weighted by Gasteiger charge is -2.08. The molecular formula is C12H11BrN2O4S2. The Morgan fingerprint density at radius 3 is 2.71 bits per heavy atom. The van der Waals surface area contributed by atoms with Gasteiger partial charge in [-0.05, 0) is 30.7 Å². The molecular weight excluding hydrogens is 380 g/mol. The smallest absolute Gasteiger partial charge is 0.358 e. The van der Waals surface area contributed by atoms with Crippen LogP contribution in [0, 0.1) is 6.92 Å². The van der Waals surface area contributed by atoms with E-state index in [1.165, 1.54) is 12.6 Å². The van der Waals surface area contributed by atoms with Crippen molar-refractivity contribution in [1.29, 1.82) is 0 Å². The van der Waals surface area contributed by atoms with Crippen molar-refractivity contribution in [3.05, 3.63) is 39.4 Å². The fourth-order valence-corrected chi connectivity index (χ4v) is 4.44. The third-order valence-electron chi connectivity index (χ3n) is 2.45. The van der Waals surface area contributed by atoms with E-state index in [4.69, 9.17) is 0 Å². The number of carbonyl (C=O) groups is 1. The maximum atomic E-state index is 12.4. The van der Waals surface area contributed by atoms with E-state index in [1.807, 2.05) is 13.0 Å². The van der Waals surface area contributed by atoms with Gasteiger partial charge in [0.15, 0.2) is 9.90 Å². The fourth-order valence-electron chi connectivity index (χ4n) is 1.66. The van der Waals surface area contributed by atoms with E-state index in [9.17, 15) is 13.2 Å². The van der Waals surface area contributed by atoms with Crippen molar-refractivity contribution in [3.8, 4) is 0 Å². The molecule has 0 aliphatic heterocycles. The van der Waals surface area contributed by atoms with Crippen molar-refractivity contribution in [2.45, 2.75) is 11.1 Å². The van der Waals surface area contributed by atoms with Crippen LogP contribution in [-0.4, -0.2) is 26.5 Å². The zero-order valence-corrected chi connectivity index (χ0v) is 14.3. The number of hydrogen-bond acceptors (Lipinski definition) is 6. The zero-order chi connectivity index (χ0) is 15.6. The van der Waals surface area contributed by atoms with Crippen molar-refractivity contribution >= 4 is 48.9 Å². The van der Waals surface area contributed by atoms with E-state index in [0.29, 0.717) is 5.69 Å². The van der Waals surface area contributed by atoms with Crippen LogP contribution in [0.2, 0.25) is 0 Å². The standard InChI is InChI=1S/C12H11BrN2O4S2/c1-7-3-8(13)5-9(4-7)15-21(17,18)12-10(11(16)19-2)14-6-20-12/h3-6,15H,1-2H3. The lowest BCUT2D eigenvalue weighted by Crippen LogP contribution is -2.16. The van der Waals surface area contributed by atoms with Gasteiger partial charge in [0.2, 0.25) is 0 Å². The van der Waals surface area contributed by atoms with Crippen molar-refractivity contribution in [2.24, 2.45) is 0 Å². The van der Waals surface area contributed by atoms with Crippen molar-refractivity contribution in [2.75, 3.05) is 11.8 Å². The molecule has 1 aromatic carbocycles. The summed E-state index contributed by atoms with van der Waals surface area (Å²) >= 11 is 4.15. The quantitative estimate of drug-likeness (QED) is 0.811. The first-order chi connectivity index (χ1) is 9.83. The highest BCUT2D eigenvalue weighted by Gasteiger charge is 2.26. The third-order valence-corrected chi connectivity index (χ3v) is 5.66. The van der Waals surface area contributed by atoms with Crippen LogP contribution in [0.3, 0.4) is 0 Å². The minimum absolute atomic E-state index is 0.174. The van der Waals surface area contributed by atoms with E-state index in [2.05, 4.69) is 30.4 Å². The molecule has 0 atom stereocenters. The predicted octanol–water partition coefficient (Wildman–Crippen LogP) is 2.80. The molecule has 6 nitrogen and oxygen atoms in total. The van der Waals surface area contributed by atoms with E-state index < -0.39 is 16.0 Å². The van der Waals surface area contributed by atoms with Gasteiger partial charge >= 0.3 is 5.97 Å². The normalized spacial score (nSPS) is 11.2. The van der Waals surface area contributed by atoms with Gasteiger partial charge in [-0.3, -0.25) is 4.72 Å². The Bertz CT molecular complexity index is 766. The lowest BCUT2D eigenvalue weighted by molar-refractivity contribution is 0.0590. The van der Waals surface area contributed by atoms with Gasteiger partial charge in [0, 0.05) is 4.47 Å². The van der Waals surface area contributed by atoms with Gasteiger partial charge in [-0.15, -0.1) is 11.3 Å². The molecule has 0 saturated heterocycles. The molecule has 0 saturated carbocycles. The summed E-state index contributed by atoms with van der Waals surface area (Å²) in [6.07, 6.45) is 0. The van der Waals surface area contributed by atoms with Gasteiger partial charge < -0.3 is 4.74 Å². The average Bonchev–Trinajstić information content (AvgIpc) is 2.85. The number of halogens is 1. The first-order valence-electron chi connectivity index (χ1n) is 5.65. The number of sulfonamides is 1. The number of methoxy groups -OCH3 is 1. The molecule has 0 bridgehead atoms. The highest BCUT2D eigenvalue weighted by Crippen LogP contribution is 2.26. The van der Waals surface area contributed by atoms with E-state index in [0.717, 1.165) is 21.4 Å². The number of anilines is 1. The molecule has 0 radical (unpaired) electrons. The molecule has 0 fully saturated rings. The van der Waals surface area contributed by atoms with E-state index >= 15 is 0 Å². The number of esters is 1. The van der Waals surface area contributed by atoms with Crippen LogP contribution < -0.4 is 4.72 Å². The number of hydrogen-bond donors (Lipinski definition) is 1. The second kappa shape index (κ2) is 6.12. The summed E-state index contributed by atoms with van der Waals surface area (Å²) in [4.78, 5) is 15.3. The van der Waals surface area contributed by atoms with Gasteiger partial charge in [-0.1, -0.05) is 15.9 Å². The minimum Gasteiger partial charge on any atom is -0.464 e. The molecule has 112 valence electrons. The summed E-state index contributed by atoms with van der Waals surface area (Å²) in [7, 11) is -2.74. The Kier molecular flexibility index (Phi) is 4.64. The maximum absolute atomic E-state index is 12.4. The lowest BCUT2D eigenvalue weighted by atomic mass is 10.2. The number of aromatic nitrogens is 1. The van der Waals surface area contributed by atoms with Crippen LogP contribution in [0.15, 0.2) is 32.4 Å². The largest absolute Gasteiger partial charge is 0.464 e. The summed E-state index contributed by atoms with van der Waals surface area (Å²) in [5.74, 6) is -0.790. The molecule has 0 amide bonds. The monoisotopic (exact) mass is 390 g/mol. The Morgan fingerprint density at radius 1 is 1.38 bits per heavy atom. The maximum Gasteiger partial charge on any atom is 0.358 e. The Labute approximate surface area is 134 Å². The van der Waals surface area contributed by atoms with Crippen LogP contribution in [-0.2, 0) is 14.8 Å². The number of thiazole rings is 1. The van der Waals surface area contributed by atoms with Gasteiger partial charge in [0.05, 0.1) is 18.3 Å². The molecule has 1 heterocycles. The zero-order valence-electron chi connectivity index (χ0n) is 11.1. The molecule has 2 aromatic rings.